The number of carbonyl (C=O) groups is 4. The van der Waals surface area contributed by atoms with Crippen molar-refractivity contribution in [3.63, 3.8) is 0 Å². The van der Waals surface area contributed by atoms with Crippen LogP contribution in [-0.4, -0.2) is 149 Å². The van der Waals surface area contributed by atoms with Gasteiger partial charge in [-0.2, -0.15) is 10.1 Å². The number of hydrogen-bond acceptors (Lipinski definition) is 11. The van der Waals surface area contributed by atoms with Crippen LogP contribution >= 0.6 is 0 Å². The fraction of sp³-hybridized carbons (Fsp3) is 0.600. The minimum atomic E-state index is -0.943. The van der Waals surface area contributed by atoms with E-state index < -0.39 is 18.1 Å². The third-order valence-corrected chi connectivity index (χ3v) is 11.5. The number of urea groups is 2. The molecular formula is C40H58N8O9. The Morgan fingerprint density at radius 3 is 1.56 bits per heavy atom. The molecule has 4 atom stereocenters. The molecule has 4 N–H and O–H groups in total. The van der Waals surface area contributed by atoms with Crippen LogP contribution in [0.25, 0.3) is 0 Å². The first kappa shape index (κ1) is 42.3. The highest BCUT2D eigenvalue weighted by molar-refractivity contribution is 5.88. The van der Waals surface area contributed by atoms with Crippen molar-refractivity contribution in [1.82, 2.24) is 35.2 Å². The van der Waals surface area contributed by atoms with Crippen molar-refractivity contribution >= 4 is 23.9 Å². The highest BCUT2D eigenvalue weighted by atomic mass is 16.7. The summed E-state index contributed by atoms with van der Waals surface area (Å²) in [6.07, 6.45) is 6.79. The Labute approximate surface area is 334 Å². The molecule has 0 aliphatic carbocycles. The number of nitrogens with two attached hydrogens (primary N) is 1. The Bertz CT molecular complexity index is 1610. The highest BCUT2D eigenvalue weighted by Crippen LogP contribution is 2.32. The quantitative estimate of drug-likeness (QED) is 0.284. The van der Waals surface area contributed by atoms with E-state index >= 15 is 0 Å². The lowest BCUT2D eigenvalue weighted by atomic mass is 10.0. The molecule has 17 nitrogen and oxygen atoms in total. The molecule has 6 fully saturated rings. The fourth-order valence-corrected chi connectivity index (χ4v) is 8.00. The molecule has 2 aromatic carbocycles. The van der Waals surface area contributed by atoms with Gasteiger partial charge in [-0.25, -0.2) is 25.8 Å². The Kier molecular flexibility index (Phi) is 15.1. The summed E-state index contributed by atoms with van der Waals surface area (Å²) >= 11 is 0. The van der Waals surface area contributed by atoms with Crippen LogP contribution < -0.4 is 11.4 Å². The summed E-state index contributed by atoms with van der Waals surface area (Å²) < 4.78 is 0. The molecule has 0 aromatic heterocycles. The van der Waals surface area contributed by atoms with Crippen molar-refractivity contribution in [2.24, 2.45) is 5.90 Å². The lowest BCUT2D eigenvalue weighted by molar-refractivity contribution is -0.146. The van der Waals surface area contributed by atoms with Crippen LogP contribution in [0.1, 0.15) is 62.5 Å². The van der Waals surface area contributed by atoms with Crippen LogP contribution in [0.4, 0.5) is 9.59 Å². The molecule has 312 valence electrons. The summed E-state index contributed by atoms with van der Waals surface area (Å²) in [5.41, 5.74) is 4.59. The molecule has 0 saturated carbocycles. The maximum atomic E-state index is 12.8. The second-order valence-electron chi connectivity index (χ2n) is 15.6. The molecule has 0 unspecified atom stereocenters. The van der Waals surface area contributed by atoms with Crippen molar-refractivity contribution in [2.45, 2.75) is 101 Å². The van der Waals surface area contributed by atoms with Crippen molar-refractivity contribution in [3.8, 4) is 0 Å². The summed E-state index contributed by atoms with van der Waals surface area (Å²) in [6, 6.07) is 17.5. The van der Waals surface area contributed by atoms with Gasteiger partial charge in [0.1, 0.15) is 25.3 Å². The predicted molar refractivity (Wildman–Crippen MR) is 207 cm³/mol. The van der Waals surface area contributed by atoms with Gasteiger partial charge in [0.05, 0.1) is 24.3 Å². The van der Waals surface area contributed by atoms with Crippen LogP contribution in [-0.2, 0) is 42.2 Å². The zero-order chi connectivity index (χ0) is 40.3. The van der Waals surface area contributed by atoms with Crippen molar-refractivity contribution in [2.75, 3.05) is 53.4 Å². The Morgan fingerprint density at radius 2 is 1.11 bits per heavy atom. The normalized spacial score (nSPS) is 25.5. The minimum absolute atomic E-state index is 0.00457. The molecule has 57 heavy (non-hydrogen) atoms. The third-order valence-electron chi connectivity index (χ3n) is 11.5. The number of nitrogens with zero attached hydrogens (tertiary/aromatic N) is 6. The Morgan fingerprint density at radius 1 is 0.667 bits per heavy atom. The van der Waals surface area contributed by atoms with Crippen LogP contribution in [0.5, 0.6) is 0 Å². The van der Waals surface area contributed by atoms with E-state index in [2.05, 4.69) is 29.4 Å². The summed E-state index contributed by atoms with van der Waals surface area (Å²) in [5.74, 6) is 3.85. The number of benzene rings is 2. The van der Waals surface area contributed by atoms with Gasteiger partial charge in [0.2, 0.25) is 0 Å². The number of carboxylic acids is 1. The average molecular weight is 795 g/mol. The third kappa shape index (κ3) is 11.2. The zero-order valence-corrected chi connectivity index (χ0v) is 33.0. The first-order valence-corrected chi connectivity index (χ1v) is 20.1. The summed E-state index contributed by atoms with van der Waals surface area (Å²) in [6.45, 7) is 5.75. The number of carbonyl (C=O) groups excluding carboxylic acids is 3. The molecule has 4 bridgehead atoms. The molecule has 2 aromatic rings. The van der Waals surface area contributed by atoms with Crippen LogP contribution in [0.15, 0.2) is 60.7 Å². The molecule has 6 saturated heterocycles. The van der Waals surface area contributed by atoms with E-state index in [4.69, 9.17) is 30.4 Å². The lowest BCUT2D eigenvalue weighted by Crippen LogP contribution is -2.50. The minimum Gasteiger partial charge on any atom is -0.480 e. The van der Waals surface area contributed by atoms with Gasteiger partial charge in [-0.3, -0.25) is 19.3 Å². The Hall–Kier alpha value is -4.36. The lowest BCUT2D eigenvalue weighted by Gasteiger charge is -2.31. The number of hydrogen-bond donors (Lipinski definition) is 3. The number of amides is 5. The van der Waals surface area contributed by atoms with Crippen molar-refractivity contribution in [3.05, 3.63) is 71.8 Å². The predicted octanol–water partition coefficient (Wildman–Crippen LogP) is 2.97. The van der Waals surface area contributed by atoms with E-state index in [0.717, 1.165) is 69.4 Å². The first-order chi connectivity index (χ1) is 27.6. The molecular weight excluding hydrogens is 736 g/mol. The maximum Gasteiger partial charge on any atom is 0.345 e. The first-order valence-electron chi connectivity index (χ1n) is 20.1. The molecule has 6 aliphatic rings. The largest absolute Gasteiger partial charge is 0.480 e. The fourth-order valence-electron chi connectivity index (χ4n) is 8.00. The zero-order valence-electron chi connectivity index (χ0n) is 33.0. The van der Waals surface area contributed by atoms with Gasteiger partial charge in [-0.15, -0.1) is 0 Å². The average Bonchev–Trinajstić information content (AvgIpc) is 3.62. The van der Waals surface area contributed by atoms with E-state index in [1.807, 2.05) is 60.7 Å². The van der Waals surface area contributed by atoms with Gasteiger partial charge >= 0.3 is 18.0 Å². The van der Waals surface area contributed by atoms with Gasteiger partial charge < -0.3 is 29.5 Å². The number of nitrogens with one attached hydrogen (secondary N) is 1. The summed E-state index contributed by atoms with van der Waals surface area (Å²) in [4.78, 5) is 77.9. The molecule has 5 amide bonds. The number of likely N-dealkylation sites (tertiary alicyclic amines) is 2. The van der Waals surface area contributed by atoms with Gasteiger partial charge in [-0.05, 0) is 76.6 Å². The standard InChI is InChI=1S/C20H28N4O4.C14H16N2O4.C6H14N2O/c1-22-11-9-17(10-12-22)28-21-19(25)18-8-7-16-13-23(18)20(26)24(16)27-14-15-5-3-2-4-6-15;17-13(18)12-7-6-11-8-15(12)14(19)16(11)20-9-10-4-2-1-3-5-10;1-8-4-2-6(9-7)3-5-8/h2-6,16-18H,7-14H2,1H3,(H,21,25);1-5,11-12H,6-9H2,(H,17,18);6H,2-5,7H2,1H3/t16-,18+;11-,12+;/m11./s1. The van der Waals surface area contributed by atoms with Gasteiger partial charge in [0, 0.05) is 39.3 Å². The van der Waals surface area contributed by atoms with E-state index in [9.17, 15) is 19.2 Å². The van der Waals surface area contributed by atoms with E-state index in [-0.39, 0.29) is 36.2 Å². The second kappa shape index (κ2) is 20.4. The summed E-state index contributed by atoms with van der Waals surface area (Å²) in [7, 11) is 4.20. The molecule has 6 aliphatic heterocycles. The smallest absolute Gasteiger partial charge is 0.345 e. The second-order valence-corrected chi connectivity index (χ2v) is 15.6. The van der Waals surface area contributed by atoms with E-state index in [1.165, 1.54) is 15.0 Å². The van der Waals surface area contributed by atoms with Crippen LogP contribution in [0, 0.1) is 0 Å². The number of hydroxylamine groups is 5. The van der Waals surface area contributed by atoms with Crippen LogP contribution in [0.3, 0.4) is 0 Å². The number of aliphatic carboxylic acids is 1. The molecule has 8 rings (SSSR count). The van der Waals surface area contributed by atoms with E-state index in [0.29, 0.717) is 51.7 Å². The SMILES string of the molecule is CN1CCC(ON)CC1.CN1CCC(ONC(=O)[C@@H]2CC[C@@H]3CN2C(=O)N3OCc2ccccc2)CC1.O=C(O)[C@@H]1CC[C@@H]2CN1C(=O)N2OCc1ccccc1. The van der Waals surface area contributed by atoms with Crippen molar-refractivity contribution < 1.29 is 43.6 Å². The Balaban J connectivity index is 0.000000164. The molecule has 0 spiro atoms. The highest BCUT2D eigenvalue weighted by Gasteiger charge is 2.49. The number of rotatable bonds is 11. The van der Waals surface area contributed by atoms with Gasteiger partial charge in [0.15, 0.2) is 0 Å². The summed E-state index contributed by atoms with van der Waals surface area (Å²) in [5, 5.41) is 11.9. The monoisotopic (exact) mass is 794 g/mol. The van der Waals surface area contributed by atoms with Gasteiger partial charge in [-0.1, -0.05) is 60.7 Å². The topological polar surface area (TPSA) is 183 Å². The van der Waals surface area contributed by atoms with Gasteiger partial charge in [0.25, 0.3) is 5.91 Å². The molecule has 17 heteroatoms. The van der Waals surface area contributed by atoms with E-state index in [1.54, 1.807) is 4.90 Å². The number of carboxylic acid groups (broad SMARTS) is 1. The molecule has 0 radical (unpaired) electrons. The maximum absolute atomic E-state index is 12.8. The van der Waals surface area contributed by atoms with Crippen molar-refractivity contribution in [1.29, 1.82) is 0 Å². The number of fused-ring (bicyclic) bond motifs is 4. The number of piperidine rings is 4. The van der Waals surface area contributed by atoms with Crippen LogP contribution in [0.2, 0.25) is 0 Å². The molecule has 6 heterocycles.